The van der Waals surface area contributed by atoms with E-state index in [0.29, 0.717) is 5.75 Å². The minimum Gasteiger partial charge on any atom is -0.659 e. The number of benzene rings is 1. The van der Waals surface area contributed by atoms with E-state index in [1.165, 1.54) is 0 Å². The second-order valence-electron chi connectivity index (χ2n) is 4.22. The van der Waals surface area contributed by atoms with Crippen molar-refractivity contribution in [1.82, 2.24) is 4.90 Å². The summed E-state index contributed by atoms with van der Waals surface area (Å²) >= 11 is 0. The van der Waals surface area contributed by atoms with Gasteiger partial charge in [-0.2, -0.15) is 0 Å². The number of amides is 1. The first-order valence-electron chi connectivity index (χ1n) is 5.53. The van der Waals surface area contributed by atoms with Gasteiger partial charge in [-0.05, 0) is 18.6 Å². The largest absolute Gasteiger partial charge is 1.00 e. The van der Waals surface area contributed by atoms with Crippen molar-refractivity contribution in [3.05, 3.63) is 35.6 Å². The van der Waals surface area contributed by atoms with Gasteiger partial charge < -0.3 is 15.0 Å². The molecule has 17 heavy (non-hydrogen) atoms. The van der Waals surface area contributed by atoms with Gasteiger partial charge in [-0.3, -0.25) is 0 Å². The molecule has 1 aromatic carbocycles. The van der Waals surface area contributed by atoms with E-state index in [1.54, 1.807) is 12.1 Å². The number of piperidine rings is 1. The predicted octanol–water partition coefficient (Wildman–Crippen LogP) is -0.980. The van der Waals surface area contributed by atoms with Crippen LogP contribution in [0.4, 0.5) is 4.79 Å². The molecular formula is C12H13KN2O2. The second-order valence-corrected chi connectivity index (χ2v) is 4.22. The standard InChI is InChI=1S/C12H13N2O2.K/c15-12(16-11-4-2-1-3-5-11)14-9-6-10(14)8-13-7-9;/h1-5,9-10H,6-8H2;/q-1;+1. The number of carbonyl (C=O) groups is 1. The molecule has 3 rings (SSSR count). The molecule has 2 aliphatic rings. The van der Waals surface area contributed by atoms with Crippen LogP contribution in [0.1, 0.15) is 6.42 Å². The number of fused-ring (bicyclic) bond motifs is 2. The van der Waals surface area contributed by atoms with Crippen LogP contribution in [0.3, 0.4) is 0 Å². The topological polar surface area (TPSA) is 43.6 Å². The Morgan fingerprint density at radius 2 is 1.88 bits per heavy atom. The molecule has 2 heterocycles. The molecule has 84 valence electrons. The Labute approximate surface area is 143 Å². The van der Waals surface area contributed by atoms with Crippen LogP contribution in [0.15, 0.2) is 30.3 Å². The van der Waals surface area contributed by atoms with Gasteiger partial charge in [0.05, 0.1) is 0 Å². The number of rotatable bonds is 1. The zero-order valence-electron chi connectivity index (χ0n) is 9.87. The van der Waals surface area contributed by atoms with Crippen molar-refractivity contribution < 1.29 is 60.9 Å². The quantitative estimate of drug-likeness (QED) is 0.606. The molecule has 2 saturated heterocycles. The van der Waals surface area contributed by atoms with Crippen molar-refractivity contribution in [2.24, 2.45) is 0 Å². The summed E-state index contributed by atoms with van der Waals surface area (Å²) < 4.78 is 5.30. The first-order chi connectivity index (χ1) is 7.84. The summed E-state index contributed by atoms with van der Waals surface area (Å²) in [6.45, 7) is 1.53. The number of ether oxygens (including phenoxy) is 1. The zero-order chi connectivity index (χ0) is 11.0. The molecule has 0 aliphatic carbocycles. The maximum Gasteiger partial charge on any atom is 1.00 e. The molecule has 2 unspecified atom stereocenters. The smallest absolute Gasteiger partial charge is 0.659 e. The van der Waals surface area contributed by atoms with Gasteiger partial charge in [0.15, 0.2) is 0 Å². The molecule has 2 bridgehead atoms. The Kier molecular flexibility index (Phi) is 4.63. The number of hydrogen-bond acceptors (Lipinski definition) is 2. The summed E-state index contributed by atoms with van der Waals surface area (Å²) in [5, 5.41) is 4.30. The molecule has 1 amide bonds. The van der Waals surface area contributed by atoms with E-state index in [-0.39, 0.29) is 69.6 Å². The molecule has 2 atom stereocenters. The average Bonchev–Trinajstić information content (AvgIpc) is 2.31. The Balaban J connectivity index is 0.00000108. The van der Waals surface area contributed by atoms with E-state index in [0.717, 1.165) is 19.5 Å². The van der Waals surface area contributed by atoms with Crippen molar-refractivity contribution in [2.75, 3.05) is 13.1 Å². The maximum atomic E-state index is 11.9. The van der Waals surface area contributed by atoms with Crippen LogP contribution in [0.2, 0.25) is 0 Å². The van der Waals surface area contributed by atoms with Crippen molar-refractivity contribution >= 4 is 6.09 Å². The van der Waals surface area contributed by atoms with Crippen LogP contribution in [0.5, 0.6) is 5.75 Å². The van der Waals surface area contributed by atoms with Crippen LogP contribution in [-0.4, -0.2) is 36.2 Å². The third-order valence-corrected chi connectivity index (χ3v) is 3.17. The van der Waals surface area contributed by atoms with Gasteiger partial charge in [-0.25, -0.2) is 4.79 Å². The number of hydrogen-bond donors (Lipinski definition) is 0. The van der Waals surface area contributed by atoms with E-state index in [9.17, 15) is 4.79 Å². The van der Waals surface area contributed by atoms with Crippen LogP contribution in [0.25, 0.3) is 5.32 Å². The first kappa shape index (κ1) is 13.5. The Morgan fingerprint density at radius 3 is 2.47 bits per heavy atom. The number of piperazine rings is 1. The van der Waals surface area contributed by atoms with E-state index < -0.39 is 0 Å². The van der Waals surface area contributed by atoms with E-state index >= 15 is 0 Å². The number of carbonyl (C=O) groups excluding carboxylic acids is 1. The van der Waals surface area contributed by atoms with Gasteiger partial charge >= 0.3 is 57.5 Å². The third kappa shape index (κ3) is 2.75. The molecule has 2 aliphatic heterocycles. The van der Waals surface area contributed by atoms with Gasteiger partial charge in [0, 0.05) is 12.1 Å². The second kappa shape index (κ2) is 5.82. The van der Waals surface area contributed by atoms with Crippen molar-refractivity contribution in [3.63, 3.8) is 0 Å². The summed E-state index contributed by atoms with van der Waals surface area (Å²) in [5.41, 5.74) is 0. The van der Waals surface area contributed by atoms with Gasteiger partial charge in [0.25, 0.3) is 0 Å². The SMILES string of the molecule is O=C(Oc1ccccc1)N1C2C[N-]CC1C2.[K+]. The Morgan fingerprint density at radius 1 is 1.24 bits per heavy atom. The fraction of sp³-hybridized carbons (Fsp3) is 0.417. The summed E-state index contributed by atoms with van der Waals surface area (Å²) in [5.74, 6) is 0.606. The molecule has 0 N–H and O–H groups in total. The molecule has 0 spiro atoms. The molecular weight excluding hydrogens is 243 g/mol. The Bertz CT molecular complexity index is 385. The van der Waals surface area contributed by atoms with E-state index in [4.69, 9.17) is 4.74 Å². The van der Waals surface area contributed by atoms with Crippen molar-refractivity contribution in [3.8, 4) is 5.75 Å². The van der Waals surface area contributed by atoms with Crippen LogP contribution in [0, 0.1) is 0 Å². The summed E-state index contributed by atoms with van der Waals surface area (Å²) in [6.07, 6.45) is 0.843. The van der Waals surface area contributed by atoms with Gasteiger partial charge in [0.2, 0.25) is 0 Å². The number of nitrogens with zero attached hydrogens (tertiary/aromatic N) is 2. The molecule has 5 heteroatoms. The minimum atomic E-state index is -0.234. The average molecular weight is 256 g/mol. The van der Waals surface area contributed by atoms with Crippen LogP contribution < -0.4 is 56.1 Å². The zero-order valence-corrected chi connectivity index (χ0v) is 13.0. The maximum absolute atomic E-state index is 11.9. The van der Waals surface area contributed by atoms with Crippen molar-refractivity contribution in [2.45, 2.75) is 18.5 Å². The van der Waals surface area contributed by atoms with Gasteiger partial charge in [-0.1, -0.05) is 18.2 Å². The normalized spacial score (nSPS) is 25.5. The predicted molar refractivity (Wildman–Crippen MR) is 59.6 cm³/mol. The van der Waals surface area contributed by atoms with Crippen LogP contribution in [-0.2, 0) is 0 Å². The summed E-state index contributed by atoms with van der Waals surface area (Å²) in [4.78, 5) is 13.7. The first-order valence-corrected chi connectivity index (χ1v) is 5.53. The fourth-order valence-electron chi connectivity index (χ4n) is 2.34. The molecule has 0 radical (unpaired) electrons. The molecule has 1 aromatic rings. The Hall–Kier alpha value is 0.0864. The van der Waals surface area contributed by atoms with E-state index in [1.807, 2.05) is 23.1 Å². The minimum absolute atomic E-state index is 0. The molecule has 0 aromatic heterocycles. The van der Waals surface area contributed by atoms with Crippen LogP contribution >= 0.6 is 0 Å². The van der Waals surface area contributed by atoms with Crippen molar-refractivity contribution in [1.29, 1.82) is 0 Å². The van der Waals surface area contributed by atoms with E-state index in [2.05, 4.69) is 5.32 Å². The molecule has 2 fully saturated rings. The molecule has 0 saturated carbocycles. The monoisotopic (exact) mass is 256 g/mol. The van der Waals surface area contributed by atoms with Gasteiger partial charge in [0.1, 0.15) is 5.75 Å². The summed E-state index contributed by atoms with van der Waals surface area (Å²) in [7, 11) is 0. The molecule has 4 nitrogen and oxygen atoms in total. The van der Waals surface area contributed by atoms with Gasteiger partial charge in [-0.15, -0.1) is 13.1 Å². The number of para-hydroxylation sites is 1. The summed E-state index contributed by atoms with van der Waals surface area (Å²) in [6, 6.07) is 9.73. The third-order valence-electron chi connectivity index (χ3n) is 3.17. The fourth-order valence-corrected chi connectivity index (χ4v) is 2.34.